The monoisotopic (exact) mass is 540 g/mol. The summed E-state index contributed by atoms with van der Waals surface area (Å²) in [5, 5.41) is 6.00. The lowest BCUT2D eigenvalue weighted by atomic mass is 9.85. The third kappa shape index (κ3) is 3.17. The fourth-order valence-corrected chi connectivity index (χ4v) is 6.79. The van der Waals surface area contributed by atoms with Gasteiger partial charge in [-0.1, -0.05) is 42.0 Å². The Kier molecular flexibility index (Phi) is 5.12. The Morgan fingerprint density at radius 3 is 2.44 bits per heavy atom. The van der Waals surface area contributed by atoms with Crippen molar-refractivity contribution < 1.29 is 19.1 Å². The summed E-state index contributed by atoms with van der Waals surface area (Å²) in [7, 11) is 1.55. The van der Waals surface area contributed by atoms with Gasteiger partial charge in [-0.25, -0.2) is 0 Å². The fourth-order valence-electron chi connectivity index (χ4n) is 6.02. The minimum atomic E-state index is -0.260. The van der Waals surface area contributed by atoms with Gasteiger partial charge < -0.3 is 9.47 Å². The molecule has 1 spiro atoms. The maximum absolute atomic E-state index is 13.1. The molecule has 4 atom stereocenters. The van der Waals surface area contributed by atoms with Crippen molar-refractivity contribution >= 4 is 45.6 Å². The van der Waals surface area contributed by atoms with Crippen LogP contribution >= 0.6 is 27.5 Å². The highest BCUT2D eigenvalue weighted by Crippen LogP contribution is 2.73. The van der Waals surface area contributed by atoms with Crippen LogP contribution in [0.4, 0.5) is 0 Å². The molecular formula is C26H22BrClN2O4. The molecule has 2 amide bonds. The van der Waals surface area contributed by atoms with Gasteiger partial charge in [0.2, 0.25) is 0 Å². The van der Waals surface area contributed by atoms with E-state index in [0.717, 1.165) is 23.4 Å². The van der Waals surface area contributed by atoms with Gasteiger partial charge in [-0.2, -0.15) is 10.1 Å². The molecule has 0 aromatic heterocycles. The molecule has 0 N–H and O–H groups in total. The van der Waals surface area contributed by atoms with Crippen molar-refractivity contribution in [2.45, 2.75) is 19.4 Å². The first-order chi connectivity index (χ1) is 16.4. The summed E-state index contributed by atoms with van der Waals surface area (Å²) in [6.45, 7) is 0.277. The van der Waals surface area contributed by atoms with Crippen LogP contribution in [0.2, 0.25) is 5.02 Å². The molecule has 0 unspecified atom stereocenters. The molecule has 34 heavy (non-hydrogen) atoms. The molecule has 2 aromatic rings. The Labute approximate surface area is 210 Å². The van der Waals surface area contributed by atoms with Gasteiger partial charge in [0.25, 0.3) is 11.8 Å². The number of halogens is 2. The number of carbonyl (C=O) groups is 2. The van der Waals surface area contributed by atoms with Crippen molar-refractivity contribution in [3.63, 3.8) is 0 Å². The number of hydrogen-bond acceptors (Lipinski definition) is 5. The molecule has 2 aromatic carbocycles. The number of fused-ring (bicyclic) bond motifs is 3. The van der Waals surface area contributed by atoms with E-state index in [1.54, 1.807) is 13.2 Å². The largest absolute Gasteiger partial charge is 0.493 e. The van der Waals surface area contributed by atoms with Crippen LogP contribution in [-0.2, 0) is 16.2 Å². The number of nitrogens with zero attached hydrogens (tertiary/aromatic N) is 2. The van der Waals surface area contributed by atoms with Gasteiger partial charge in [-0.15, -0.1) is 0 Å². The Balaban J connectivity index is 1.21. The molecule has 3 fully saturated rings. The Morgan fingerprint density at radius 1 is 1.15 bits per heavy atom. The molecule has 2 bridgehead atoms. The van der Waals surface area contributed by atoms with Crippen molar-refractivity contribution in [2.24, 2.45) is 34.2 Å². The molecule has 1 aliphatic heterocycles. The lowest BCUT2D eigenvalue weighted by Gasteiger charge is -2.18. The van der Waals surface area contributed by atoms with Gasteiger partial charge in [-0.3, -0.25) is 9.59 Å². The average molecular weight is 542 g/mol. The molecule has 2 saturated carbocycles. The minimum Gasteiger partial charge on any atom is -0.493 e. The number of hydrogen-bond donors (Lipinski definition) is 0. The van der Waals surface area contributed by atoms with Gasteiger partial charge in [0, 0.05) is 10.6 Å². The Hall–Kier alpha value is -2.64. The number of imide groups is 1. The number of methoxy groups -OCH3 is 1. The predicted octanol–water partition coefficient (Wildman–Crippen LogP) is 5.22. The van der Waals surface area contributed by atoms with Gasteiger partial charge in [-0.05, 0) is 69.8 Å². The van der Waals surface area contributed by atoms with Crippen LogP contribution in [0.15, 0.2) is 58.1 Å². The topological polar surface area (TPSA) is 68.2 Å². The Morgan fingerprint density at radius 2 is 1.82 bits per heavy atom. The molecule has 0 radical (unpaired) electrons. The van der Waals surface area contributed by atoms with Crippen LogP contribution < -0.4 is 9.47 Å². The quantitative estimate of drug-likeness (QED) is 0.286. The second kappa shape index (κ2) is 7.95. The smallest absolute Gasteiger partial charge is 0.254 e. The van der Waals surface area contributed by atoms with Crippen LogP contribution in [0.25, 0.3) is 0 Å². The number of hydrazone groups is 1. The van der Waals surface area contributed by atoms with Gasteiger partial charge in [0.1, 0.15) is 6.61 Å². The second-order valence-corrected chi connectivity index (χ2v) is 10.6. The minimum absolute atomic E-state index is 0.175. The third-order valence-electron chi connectivity index (χ3n) is 7.73. The van der Waals surface area contributed by atoms with Crippen molar-refractivity contribution in [1.29, 1.82) is 0 Å². The molecule has 174 valence electrons. The SMILES string of the molecule is COc1cc(/C=N\N2C(=O)[C@@H]3[C@@H](C2=O)[C@H]2C=C[C@H]3C23CC3)cc(Br)c1OCc1ccccc1Cl. The fraction of sp³-hybridized carbons (Fsp3) is 0.346. The highest BCUT2D eigenvalue weighted by atomic mass is 79.9. The number of benzene rings is 2. The van der Waals surface area contributed by atoms with Crippen LogP contribution in [-0.4, -0.2) is 30.1 Å². The number of carbonyl (C=O) groups excluding carboxylic acids is 2. The van der Waals surface area contributed by atoms with E-state index in [2.05, 4.69) is 33.2 Å². The average Bonchev–Trinajstić information content (AvgIpc) is 3.43. The molecule has 1 heterocycles. The molecule has 1 saturated heterocycles. The number of ether oxygens (including phenoxy) is 2. The molecule has 8 heteroatoms. The summed E-state index contributed by atoms with van der Waals surface area (Å²) in [5.74, 6) is 0.510. The van der Waals surface area contributed by atoms with Crippen LogP contribution in [0, 0.1) is 29.1 Å². The normalized spacial score (nSPS) is 27.8. The summed E-state index contributed by atoms with van der Waals surface area (Å²) in [4.78, 5) is 26.2. The van der Waals surface area contributed by atoms with Gasteiger partial charge in [0.05, 0.1) is 29.6 Å². The van der Waals surface area contributed by atoms with E-state index in [9.17, 15) is 9.59 Å². The summed E-state index contributed by atoms with van der Waals surface area (Å²) in [5.41, 5.74) is 1.71. The van der Waals surface area contributed by atoms with Gasteiger partial charge in [0.15, 0.2) is 11.5 Å². The highest BCUT2D eigenvalue weighted by molar-refractivity contribution is 9.10. The maximum Gasteiger partial charge on any atom is 0.254 e. The molecule has 6 nitrogen and oxygen atoms in total. The summed E-state index contributed by atoms with van der Waals surface area (Å²) < 4.78 is 12.2. The van der Waals surface area contributed by atoms with Crippen molar-refractivity contribution in [1.82, 2.24) is 5.01 Å². The van der Waals surface area contributed by atoms with Crippen LogP contribution in [0.1, 0.15) is 24.0 Å². The van der Waals surface area contributed by atoms with Crippen LogP contribution in [0.5, 0.6) is 11.5 Å². The Bertz CT molecular complexity index is 1240. The van der Waals surface area contributed by atoms with Crippen LogP contribution in [0.3, 0.4) is 0 Å². The van der Waals surface area contributed by atoms with E-state index in [4.69, 9.17) is 21.1 Å². The van der Waals surface area contributed by atoms with E-state index in [1.165, 1.54) is 6.21 Å². The van der Waals surface area contributed by atoms with E-state index in [0.29, 0.717) is 26.6 Å². The zero-order valence-electron chi connectivity index (χ0n) is 18.4. The van der Waals surface area contributed by atoms with Gasteiger partial charge >= 0.3 is 0 Å². The van der Waals surface area contributed by atoms with E-state index >= 15 is 0 Å². The zero-order chi connectivity index (χ0) is 23.6. The summed E-state index contributed by atoms with van der Waals surface area (Å²) in [6, 6.07) is 11.0. The first-order valence-corrected chi connectivity index (χ1v) is 12.5. The standard InChI is InChI=1S/C26H22BrClN2O4/c1-33-20-11-14(10-18(27)23(20)34-13-15-4-2-3-5-19(15)28)12-29-30-24(31)21-16-6-7-17(22(21)25(30)32)26(16)8-9-26/h2-7,10-12,16-17,21-22H,8-9,13H2,1H3/b29-12-/t16-,17-,21+,22+/m1/s1. The second-order valence-electron chi connectivity index (χ2n) is 9.37. The zero-order valence-corrected chi connectivity index (χ0v) is 20.8. The van der Waals surface area contributed by atoms with E-state index in [-0.39, 0.29) is 47.5 Å². The first kappa shape index (κ1) is 21.9. The molecule has 3 aliphatic carbocycles. The highest BCUT2D eigenvalue weighted by Gasteiger charge is 2.73. The first-order valence-electron chi connectivity index (χ1n) is 11.3. The van der Waals surface area contributed by atoms with E-state index in [1.807, 2.05) is 30.3 Å². The molecule has 6 rings (SSSR count). The van der Waals surface area contributed by atoms with Crippen molar-refractivity contribution in [3.8, 4) is 11.5 Å². The maximum atomic E-state index is 13.1. The number of amides is 2. The summed E-state index contributed by atoms with van der Waals surface area (Å²) in [6.07, 6.45) is 8.06. The van der Waals surface area contributed by atoms with Crippen molar-refractivity contribution in [2.75, 3.05) is 7.11 Å². The lowest BCUT2D eigenvalue weighted by Crippen LogP contribution is -2.30. The van der Waals surface area contributed by atoms with E-state index < -0.39 is 0 Å². The third-order valence-corrected chi connectivity index (χ3v) is 8.69. The lowest BCUT2D eigenvalue weighted by molar-refractivity contribution is -0.141. The number of allylic oxidation sites excluding steroid dienone is 2. The summed E-state index contributed by atoms with van der Waals surface area (Å²) >= 11 is 9.76. The van der Waals surface area contributed by atoms with Crippen molar-refractivity contribution in [3.05, 3.63) is 69.2 Å². The molecular weight excluding hydrogens is 520 g/mol. The molecule has 4 aliphatic rings. The number of rotatable bonds is 6. The predicted molar refractivity (Wildman–Crippen MR) is 131 cm³/mol.